The van der Waals surface area contributed by atoms with E-state index in [0.29, 0.717) is 11.4 Å². The quantitative estimate of drug-likeness (QED) is 0.877. The normalized spacial score (nSPS) is 9.89. The maximum absolute atomic E-state index is 11.9. The average Bonchev–Trinajstić information content (AvgIpc) is 2.67. The van der Waals surface area contributed by atoms with Crippen molar-refractivity contribution in [2.24, 2.45) is 0 Å². The number of anilines is 2. The lowest BCUT2D eigenvalue weighted by Gasteiger charge is -2.09. The van der Waals surface area contributed by atoms with E-state index in [1.807, 2.05) is 24.3 Å². The van der Waals surface area contributed by atoms with Crippen LogP contribution in [0.5, 0.6) is 0 Å². The maximum Gasteiger partial charge on any atom is 0.244 e. The predicted octanol–water partition coefficient (Wildman–Crippen LogP) is 1.89. The van der Waals surface area contributed by atoms with Crippen LogP contribution in [0, 0.1) is 18.3 Å². The Balaban J connectivity index is 2.14. The van der Waals surface area contributed by atoms with Crippen LogP contribution in [0.2, 0.25) is 0 Å². The summed E-state index contributed by atoms with van der Waals surface area (Å²) in [6.07, 6.45) is 0. The number of aromatic nitrogens is 1. The number of nitrogen functional groups attached to an aromatic ring is 1. The van der Waals surface area contributed by atoms with E-state index >= 15 is 0 Å². The van der Waals surface area contributed by atoms with Crippen molar-refractivity contribution in [1.82, 2.24) is 4.57 Å². The van der Waals surface area contributed by atoms with Gasteiger partial charge in [-0.3, -0.25) is 4.79 Å². The molecule has 0 unspecified atom stereocenters. The minimum Gasteiger partial charge on any atom is -0.397 e. The van der Waals surface area contributed by atoms with Crippen LogP contribution in [0.15, 0.2) is 36.4 Å². The van der Waals surface area contributed by atoms with Gasteiger partial charge < -0.3 is 15.6 Å². The Morgan fingerprint density at radius 2 is 2.11 bits per heavy atom. The van der Waals surface area contributed by atoms with Crippen LogP contribution < -0.4 is 11.1 Å². The second-order valence-electron chi connectivity index (χ2n) is 4.18. The first-order chi connectivity index (χ1) is 9.11. The second-order valence-corrected chi connectivity index (χ2v) is 4.18. The van der Waals surface area contributed by atoms with E-state index in [-0.39, 0.29) is 12.5 Å². The first-order valence-electron chi connectivity index (χ1n) is 5.82. The van der Waals surface area contributed by atoms with Gasteiger partial charge in [0.25, 0.3) is 0 Å². The Kier molecular flexibility index (Phi) is 3.53. The molecular formula is C14H14N4O. The summed E-state index contributed by atoms with van der Waals surface area (Å²) in [5, 5.41) is 11.8. The van der Waals surface area contributed by atoms with Crippen LogP contribution in [0.3, 0.4) is 0 Å². The van der Waals surface area contributed by atoms with E-state index in [9.17, 15) is 4.79 Å². The van der Waals surface area contributed by atoms with Crippen molar-refractivity contribution in [3.8, 4) is 6.07 Å². The summed E-state index contributed by atoms with van der Waals surface area (Å²) in [5.41, 5.74) is 8.09. The van der Waals surface area contributed by atoms with Crippen molar-refractivity contribution < 1.29 is 4.79 Å². The first-order valence-corrected chi connectivity index (χ1v) is 5.82. The zero-order chi connectivity index (χ0) is 13.8. The smallest absolute Gasteiger partial charge is 0.244 e. The fraction of sp³-hybridized carbons (Fsp3) is 0.143. The van der Waals surface area contributed by atoms with Gasteiger partial charge in [-0.1, -0.05) is 18.2 Å². The highest BCUT2D eigenvalue weighted by Gasteiger charge is 2.12. The Morgan fingerprint density at radius 1 is 1.42 bits per heavy atom. The molecule has 1 heterocycles. The van der Waals surface area contributed by atoms with Gasteiger partial charge in [-0.15, -0.1) is 0 Å². The highest BCUT2D eigenvalue weighted by molar-refractivity contribution is 5.90. The number of carbonyl (C=O) groups is 1. The summed E-state index contributed by atoms with van der Waals surface area (Å²) in [6.45, 7) is 1.85. The number of para-hydroxylation sites is 1. The summed E-state index contributed by atoms with van der Waals surface area (Å²) < 4.78 is 1.60. The molecule has 96 valence electrons. The lowest BCUT2D eigenvalue weighted by molar-refractivity contribution is -0.116. The fourth-order valence-electron chi connectivity index (χ4n) is 1.83. The zero-order valence-electron chi connectivity index (χ0n) is 10.6. The fourth-order valence-corrected chi connectivity index (χ4v) is 1.83. The monoisotopic (exact) mass is 254 g/mol. The molecule has 0 spiro atoms. The number of nitrogens with two attached hydrogens (primary N) is 1. The Hall–Kier alpha value is -2.74. The van der Waals surface area contributed by atoms with Crippen molar-refractivity contribution in [2.75, 3.05) is 11.1 Å². The number of nitriles is 1. The number of hydrogen-bond acceptors (Lipinski definition) is 3. The Bertz CT molecular complexity index is 637. The van der Waals surface area contributed by atoms with Crippen LogP contribution >= 0.6 is 0 Å². The molecule has 5 nitrogen and oxygen atoms in total. The van der Waals surface area contributed by atoms with Gasteiger partial charge in [-0.2, -0.15) is 5.26 Å². The molecule has 3 N–H and O–H groups in total. The largest absolute Gasteiger partial charge is 0.397 e. The van der Waals surface area contributed by atoms with Gasteiger partial charge in [-0.05, 0) is 25.1 Å². The molecule has 0 aliphatic carbocycles. The number of carbonyl (C=O) groups excluding carboxylic acids is 1. The van der Waals surface area contributed by atoms with Crippen molar-refractivity contribution in [3.63, 3.8) is 0 Å². The molecule has 0 fully saturated rings. The standard InChI is InChI=1S/C14H14N4O/c1-10-13(16)7-12(8-15)18(10)9-14(19)17-11-5-3-2-4-6-11/h2-7H,9,16H2,1H3,(H,17,19). The van der Waals surface area contributed by atoms with Gasteiger partial charge in [0.1, 0.15) is 18.3 Å². The number of amides is 1. The molecule has 2 aromatic rings. The molecule has 0 aliphatic heterocycles. The number of nitrogens with zero attached hydrogens (tertiary/aromatic N) is 2. The number of benzene rings is 1. The van der Waals surface area contributed by atoms with Gasteiger partial charge in [0.2, 0.25) is 5.91 Å². The minimum atomic E-state index is -0.193. The van der Waals surface area contributed by atoms with Crippen LogP contribution in [-0.4, -0.2) is 10.5 Å². The van der Waals surface area contributed by atoms with Crippen LogP contribution in [0.25, 0.3) is 0 Å². The van der Waals surface area contributed by atoms with E-state index < -0.39 is 0 Å². The highest BCUT2D eigenvalue weighted by atomic mass is 16.1. The summed E-state index contributed by atoms with van der Waals surface area (Å²) in [6, 6.07) is 12.8. The van der Waals surface area contributed by atoms with Crippen molar-refractivity contribution >= 4 is 17.3 Å². The van der Waals surface area contributed by atoms with Crippen molar-refractivity contribution in [2.45, 2.75) is 13.5 Å². The van der Waals surface area contributed by atoms with Gasteiger partial charge in [-0.25, -0.2) is 0 Å². The summed E-state index contributed by atoms with van der Waals surface area (Å²) in [5.74, 6) is -0.193. The summed E-state index contributed by atoms with van der Waals surface area (Å²) >= 11 is 0. The molecule has 0 aliphatic rings. The SMILES string of the molecule is Cc1c(N)cc(C#N)n1CC(=O)Nc1ccccc1. The number of rotatable bonds is 3. The minimum absolute atomic E-state index is 0.0703. The number of nitrogens with one attached hydrogen (secondary N) is 1. The third-order valence-electron chi connectivity index (χ3n) is 2.88. The van der Waals surface area contributed by atoms with E-state index in [1.54, 1.807) is 29.7 Å². The van der Waals surface area contributed by atoms with E-state index in [1.165, 1.54) is 0 Å². The lowest BCUT2D eigenvalue weighted by Crippen LogP contribution is -2.20. The first kappa shape index (κ1) is 12.7. The topological polar surface area (TPSA) is 83.8 Å². The predicted molar refractivity (Wildman–Crippen MR) is 73.4 cm³/mol. The van der Waals surface area contributed by atoms with Gasteiger partial charge >= 0.3 is 0 Å². The molecule has 0 radical (unpaired) electrons. The van der Waals surface area contributed by atoms with Crippen molar-refractivity contribution in [3.05, 3.63) is 47.8 Å². The zero-order valence-corrected chi connectivity index (χ0v) is 10.6. The molecule has 5 heteroatoms. The maximum atomic E-state index is 11.9. The highest BCUT2D eigenvalue weighted by Crippen LogP contribution is 2.17. The summed E-state index contributed by atoms with van der Waals surface area (Å²) in [4.78, 5) is 11.9. The van der Waals surface area contributed by atoms with Crippen LogP contribution in [0.4, 0.5) is 11.4 Å². The number of hydrogen-bond donors (Lipinski definition) is 2. The molecule has 1 amide bonds. The van der Waals surface area contributed by atoms with Crippen LogP contribution in [-0.2, 0) is 11.3 Å². The average molecular weight is 254 g/mol. The summed E-state index contributed by atoms with van der Waals surface area (Å²) in [7, 11) is 0. The van der Waals surface area contributed by atoms with Crippen LogP contribution in [0.1, 0.15) is 11.4 Å². The molecule has 2 rings (SSSR count). The molecule has 0 atom stereocenters. The van der Waals surface area contributed by atoms with E-state index in [4.69, 9.17) is 11.0 Å². The van der Waals surface area contributed by atoms with Gasteiger partial charge in [0.15, 0.2) is 0 Å². The Labute approximate surface area is 111 Å². The van der Waals surface area contributed by atoms with Gasteiger partial charge in [0, 0.05) is 11.4 Å². The van der Waals surface area contributed by atoms with E-state index in [0.717, 1.165) is 11.4 Å². The molecule has 0 bridgehead atoms. The second kappa shape index (κ2) is 5.27. The third kappa shape index (κ3) is 2.75. The Morgan fingerprint density at radius 3 is 2.74 bits per heavy atom. The molecule has 0 saturated carbocycles. The van der Waals surface area contributed by atoms with Crippen molar-refractivity contribution in [1.29, 1.82) is 5.26 Å². The molecule has 1 aromatic heterocycles. The molecule has 19 heavy (non-hydrogen) atoms. The van der Waals surface area contributed by atoms with Gasteiger partial charge in [0.05, 0.1) is 5.69 Å². The van der Waals surface area contributed by atoms with E-state index in [2.05, 4.69) is 5.32 Å². The molecule has 0 saturated heterocycles. The molecular weight excluding hydrogens is 240 g/mol. The third-order valence-corrected chi connectivity index (χ3v) is 2.88. The molecule has 1 aromatic carbocycles. The lowest BCUT2D eigenvalue weighted by atomic mass is 10.3.